The number of hydrogen-bond donors (Lipinski definition) is 0. The van der Waals surface area contributed by atoms with Crippen LogP contribution in [0.15, 0.2) is 48.5 Å². The van der Waals surface area contributed by atoms with Gasteiger partial charge in [0.25, 0.3) is 11.9 Å². The summed E-state index contributed by atoms with van der Waals surface area (Å²) >= 11 is 0. The van der Waals surface area contributed by atoms with Crippen molar-refractivity contribution in [2.75, 3.05) is 0 Å². The number of hydrogen-bond acceptors (Lipinski definition) is 6. The fourth-order valence-electron chi connectivity index (χ4n) is 2.33. The average molecular weight is 394 g/mol. The van der Waals surface area contributed by atoms with Crippen LogP contribution >= 0.6 is 0 Å². The first kappa shape index (κ1) is 20.2. The van der Waals surface area contributed by atoms with Gasteiger partial charge in [0.05, 0.1) is 11.6 Å². The molecular formula is C18H16F2O6Si. The Bertz CT molecular complexity index is 820. The van der Waals surface area contributed by atoms with Crippen molar-refractivity contribution in [3.63, 3.8) is 0 Å². The zero-order valence-corrected chi connectivity index (χ0v) is 15.5. The number of carbonyl (C=O) groups excluding carboxylic acids is 3. The minimum Gasteiger partial charge on any atom is -0.452 e. The zero-order valence-electron chi connectivity index (χ0n) is 14.5. The summed E-state index contributed by atoms with van der Waals surface area (Å²) in [7, 11) is -4.28. The third kappa shape index (κ3) is 5.71. The minimum atomic E-state index is -4.28. The van der Waals surface area contributed by atoms with Gasteiger partial charge in [-0.1, -0.05) is 30.3 Å². The summed E-state index contributed by atoms with van der Waals surface area (Å²) in [6, 6.07) is 10.4. The van der Waals surface area contributed by atoms with Crippen LogP contribution in [-0.2, 0) is 34.1 Å². The van der Waals surface area contributed by atoms with E-state index >= 15 is 0 Å². The second-order valence-electron chi connectivity index (χ2n) is 5.54. The van der Waals surface area contributed by atoms with E-state index in [0.29, 0.717) is 6.07 Å². The molecule has 2 aromatic rings. The van der Waals surface area contributed by atoms with E-state index in [1.807, 2.05) is 0 Å². The Morgan fingerprint density at radius 1 is 0.852 bits per heavy atom. The van der Waals surface area contributed by atoms with Crippen molar-refractivity contribution < 1.29 is 36.4 Å². The smallest absolute Gasteiger partial charge is 0.452 e. The molecule has 0 spiro atoms. The van der Waals surface area contributed by atoms with E-state index in [1.165, 1.54) is 12.1 Å². The molecule has 6 nitrogen and oxygen atoms in total. The maximum atomic E-state index is 13.3. The third-order valence-electron chi connectivity index (χ3n) is 3.20. The summed E-state index contributed by atoms with van der Waals surface area (Å²) in [5.74, 6) is -4.33. The maximum Gasteiger partial charge on any atom is 0.742 e. The fourth-order valence-corrected chi connectivity index (χ4v) is 4.53. The van der Waals surface area contributed by atoms with Gasteiger partial charge < -0.3 is 13.3 Å². The van der Waals surface area contributed by atoms with Gasteiger partial charge in [0.2, 0.25) is 0 Å². The van der Waals surface area contributed by atoms with Crippen molar-refractivity contribution >= 4 is 31.9 Å². The first-order chi connectivity index (χ1) is 12.7. The largest absolute Gasteiger partial charge is 0.742 e. The lowest BCUT2D eigenvalue weighted by Crippen LogP contribution is -2.59. The van der Waals surface area contributed by atoms with Gasteiger partial charge >= 0.3 is 14.8 Å². The van der Waals surface area contributed by atoms with E-state index < -0.39 is 44.8 Å². The molecule has 0 fully saturated rings. The fraction of sp³-hybridized carbons (Fsp3) is 0.167. The van der Waals surface area contributed by atoms with Crippen molar-refractivity contribution in [2.24, 2.45) is 0 Å². The Morgan fingerprint density at radius 2 is 1.37 bits per heavy atom. The van der Waals surface area contributed by atoms with Gasteiger partial charge in [0, 0.05) is 19.9 Å². The first-order valence-corrected chi connectivity index (χ1v) is 9.54. The van der Waals surface area contributed by atoms with Crippen LogP contribution in [0.3, 0.4) is 0 Å². The van der Waals surface area contributed by atoms with E-state index in [9.17, 15) is 23.2 Å². The van der Waals surface area contributed by atoms with Crippen LogP contribution in [0.1, 0.15) is 19.4 Å². The van der Waals surface area contributed by atoms with Crippen LogP contribution < -0.4 is 5.19 Å². The second kappa shape index (κ2) is 8.54. The van der Waals surface area contributed by atoms with Crippen molar-refractivity contribution in [1.82, 2.24) is 0 Å². The molecule has 0 atom stereocenters. The Morgan fingerprint density at radius 3 is 1.85 bits per heavy atom. The van der Waals surface area contributed by atoms with Crippen molar-refractivity contribution in [3.8, 4) is 0 Å². The molecule has 0 saturated heterocycles. The predicted octanol–water partition coefficient (Wildman–Crippen LogP) is 2.02. The monoisotopic (exact) mass is 394 g/mol. The molecule has 9 heteroatoms. The van der Waals surface area contributed by atoms with Crippen LogP contribution in [0.4, 0.5) is 8.78 Å². The van der Waals surface area contributed by atoms with Gasteiger partial charge in [0.15, 0.2) is 0 Å². The maximum absolute atomic E-state index is 13.3. The molecule has 0 unspecified atom stereocenters. The molecular weight excluding hydrogens is 378 g/mol. The molecule has 0 aliphatic heterocycles. The standard InChI is InChI=1S/C18H16F2O6Si/c1-12(21)24-27(25-13(2)22,17-6-4-3-5-7-17)26-18(23)10-14-8-15(19)11-16(20)9-14/h3-9,11H,10H2,1-2H3. The third-order valence-corrected chi connectivity index (χ3v) is 5.85. The van der Waals surface area contributed by atoms with Crippen molar-refractivity contribution in [3.05, 3.63) is 65.7 Å². The first-order valence-electron chi connectivity index (χ1n) is 7.81. The summed E-state index contributed by atoms with van der Waals surface area (Å²) in [6.07, 6.45) is -0.515. The van der Waals surface area contributed by atoms with Crippen LogP contribution in [0, 0.1) is 11.6 Å². The predicted molar refractivity (Wildman–Crippen MR) is 91.5 cm³/mol. The van der Waals surface area contributed by atoms with Gasteiger partial charge in [-0.15, -0.1) is 0 Å². The highest BCUT2D eigenvalue weighted by Crippen LogP contribution is 2.15. The van der Waals surface area contributed by atoms with Crippen LogP contribution in [0.25, 0.3) is 0 Å². The van der Waals surface area contributed by atoms with E-state index in [1.54, 1.807) is 18.2 Å². The van der Waals surface area contributed by atoms with Gasteiger partial charge in [-0.3, -0.25) is 14.4 Å². The van der Waals surface area contributed by atoms with Gasteiger partial charge in [0.1, 0.15) is 11.6 Å². The molecule has 0 saturated carbocycles. The summed E-state index contributed by atoms with van der Waals surface area (Å²) in [5, 5.41) is 0.203. The molecule has 0 bridgehead atoms. The normalized spacial score (nSPS) is 10.8. The molecule has 0 N–H and O–H groups in total. The molecule has 0 heterocycles. The summed E-state index contributed by atoms with van der Waals surface area (Å²) in [4.78, 5) is 35.5. The minimum absolute atomic E-state index is 0.0131. The topological polar surface area (TPSA) is 78.9 Å². The summed E-state index contributed by atoms with van der Waals surface area (Å²) in [6.45, 7) is 2.15. The highest BCUT2D eigenvalue weighted by molar-refractivity contribution is 6.79. The Labute approximate surface area is 155 Å². The molecule has 0 amide bonds. The molecule has 0 aromatic heterocycles. The highest BCUT2D eigenvalue weighted by atomic mass is 28.4. The number of benzene rings is 2. The van der Waals surface area contributed by atoms with Crippen molar-refractivity contribution in [2.45, 2.75) is 20.3 Å². The Balaban J connectivity index is 2.35. The van der Waals surface area contributed by atoms with Gasteiger partial charge in [-0.05, 0) is 17.7 Å². The van der Waals surface area contributed by atoms with E-state index in [2.05, 4.69) is 0 Å². The van der Waals surface area contributed by atoms with Crippen LogP contribution in [-0.4, -0.2) is 26.7 Å². The molecule has 142 valence electrons. The van der Waals surface area contributed by atoms with Crippen LogP contribution in [0.5, 0.6) is 0 Å². The van der Waals surface area contributed by atoms with E-state index in [-0.39, 0.29) is 10.8 Å². The van der Waals surface area contributed by atoms with Gasteiger partial charge in [-0.25, -0.2) is 8.78 Å². The molecule has 0 aliphatic carbocycles. The lowest BCUT2D eigenvalue weighted by Gasteiger charge is -2.26. The number of carbonyl (C=O) groups is 3. The molecule has 0 radical (unpaired) electrons. The molecule has 27 heavy (non-hydrogen) atoms. The average Bonchev–Trinajstić information content (AvgIpc) is 2.53. The molecule has 0 aliphatic rings. The highest BCUT2D eigenvalue weighted by Gasteiger charge is 2.54. The zero-order chi connectivity index (χ0) is 20.0. The lowest BCUT2D eigenvalue weighted by atomic mass is 10.1. The lowest BCUT2D eigenvalue weighted by molar-refractivity contribution is -0.147. The number of halogens is 2. The number of rotatable bonds is 6. The van der Waals surface area contributed by atoms with Gasteiger partial charge in [-0.2, -0.15) is 0 Å². The summed E-state index contributed by atoms with van der Waals surface area (Å²) < 4.78 is 42.2. The Kier molecular flexibility index (Phi) is 6.40. The molecule has 2 aromatic carbocycles. The SMILES string of the molecule is CC(=O)O[Si](OC(C)=O)(OC(=O)Cc1cc(F)cc(F)c1)c1ccccc1. The van der Waals surface area contributed by atoms with Crippen LogP contribution in [0.2, 0.25) is 0 Å². The molecule has 2 rings (SSSR count). The van der Waals surface area contributed by atoms with E-state index in [4.69, 9.17) is 13.3 Å². The second-order valence-corrected chi connectivity index (χ2v) is 7.84. The Hall–Kier alpha value is -3.07. The summed E-state index contributed by atoms with van der Waals surface area (Å²) in [5.41, 5.74) is 0.0131. The van der Waals surface area contributed by atoms with E-state index in [0.717, 1.165) is 26.0 Å². The quantitative estimate of drug-likeness (QED) is 0.698. The van der Waals surface area contributed by atoms with Crippen molar-refractivity contribution in [1.29, 1.82) is 0 Å².